The van der Waals surface area contributed by atoms with Crippen LogP contribution in [0.3, 0.4) is 0 Å². The summed E-state index contributed by atoms with van der Waals surface area (Å²) in [5.74, 6) is 4.29. The molecule has 0 saturated carbocycles. The van der Waals surface area contributed by atoms with E-state index in [2.05, 4.69) is 109 Å². The van der Waals surface area contributed by atoms with Gasteiger partial charge in [-0.05, 0) is 68.4 Å². The van der Waals surface area contributed by atoms with Gasteiger partial charge in [0.1, 0.15) is 24.7 Å². The Morgan fingerprint density at radius 2 is 1.15 bits per heavy atom. The van der Waals surface area contributed by atoms with Crippen molar-refractivity contribution < 1.29 is 9.47 Å². The van der Waals surface area contributed by atoms with E-state index in [0.717, 1.165) is 24.7 Å². The van der Waals surface area contributed by atoms with Crippen molar-refractivity contribution in [1.82, 2.24) is 0 Å². The molecule has 39 heavy (non-hydrogen) atoms. The highest BCUT2D eigenvalue weighted by atomic mass is 32.2. The van der Waals surface area contributed by atoms with E-state index in [1.165, 1.54) is 55.7 Å². The molecule has 5 aromatic carbocycles. The molecule has 0 bridgehead atoms. The van der Waals surface area contributed by atoms with Gasteiger partial charge in [-0.3, -0.25) is 0 Å². The average molecular weight is 545 g/mol. The second-order valence-electron chi connectivity index (χ2n) is 10.6. The average Bonchev–Trinajstić information content (AvgIpc) is 3.94. The van der Waals surface area contributed by atoms with Gasteiger partial charge in [0, 0.05) is 22.0 Å². The Bertz CT molecular complexity index is 1610. The molecule has 2 heterocycles. The molecule has 2 nitrogen and oxygen atoms in total. The molecule has 4 heteroatoms. The maximum Gasteiger partial charge on any atom is 0.119 e. The molecule has 1 aliphatic carbocycles. The minimum atomic E-state index is -0.456. The van der Waals surface area contributed by atoms with E-state index >= 15 is 0 Å². The van der Waals surface area contributed by atoms with Gasteiger partial charge in [-0.2, -0.15) is 23.5 Å². The first kappa shape index (κ1) is 23.5. The van der Waals surface area contributed by atoms with Crippen LogP contribution in [-0.2, 0) is 5.41 Å². The number of benzene rings is 5. The van der Waals surface area contributed by atoms with E-state index in [1.807, 2.05) is 23.5 Å². The molecular formula is C35H28O2S2. The van der Waals surface area contributed by atoms with Crippen LogP contribution in [0.5, 0.6) is 11.5 Å². The van der Waals surface area contributed by atoms with Crippen LogP contribution in [0.2, 0.25) is 0 Å². The summed E-state index contributed by atoms with van der Waals surface area (Å²) in [5, 5.41) is 3.85. The number of hydrogen-bond acceptors (Lipinski definition) is 4. The van der Waals surface area contributed by atoms with Gasteiger partial charge >= 0.3 is 0 Å². The Morgan fingerprint density at radius 1 is 0.590 bits per heavy atom. The van der Waals surface area contributed by atoms with Crippen LogP contribution in [-0.4, -0.2) is 35.2 Å². The van der Waals surface area contributed by atoms with Crippen LogP contribution in [0.4, 0.5) is 0 Å². The van der Waals surface area contributed by atoms with Gasteiger partial charge in [-0.15, -0.1) is 0 Å². The van der Waals surface area contributed by atoms with Gasteiger partial charge in [-0.1, -0.05) is 84.9 Å². The summed E-state index contributed by atoms with van der Waals surface area (Å²) < 4.78 is 12.2. The molecule has 5 aromatic rings. The first-order valence-electron chi connectivity index (χ1n) is 13.6. The predicted octanol–water partition coefficient (Wildman–Crippen LogP) is 8.19. The maximum atomic E-state index is 6.12. The SMILES string of the molecule is c1ccc2c(c1)-c1ccc3ccccc3c1C2(c1ccc(OCC2CS2)cc1)c1ccc(OCC2CS2)cc1. The lowest BCUT2D eigenvalue weighted by Gasteiger charge is -2.35. The highest BCUT2D eigenvalue weighted by Crippen LogP contribution is 2.58. The van der Waals surface area contributed by atoms with Crippen molar-refractivity contribution in [2.24, 2.45) is 0 Å². The van der Waals surface area contributed by atoms with Gasteiger partial charge in [0.05, 0.1) is 5.41 Å². The number of rotatable bonds is 8. The molecule has 2 unspecified atom stereocenters. The summed E-state index contributed by atoms with van der Waals surface area (Å²) in [4.78, 5) is 0. The number of thioether (sulfide) groups is 2. The minimum absolute atomic E-state index is 0.456. The van der Waals surface area contributed by atoms with Gasteiger partial charge in [0.25, 0.3) is 0 Å². The maximum absolute atomic E-state index is 6.12. The van der Waals surface area contributed by atoms with Gasteiger partial charge < -0.3 is 9.47 Å². The second kappa shape index (κ2) is 9.39. The number of hydrogen-bond donors (Lipinski definition) is 0. The van der Waals surface area contributed by atoms with E-state index in [9.17, 15) is 0 Å². The molecule has 3 aliphatic rings. The highest BCUT2D eigenvalue weighted by molar-refractivity contribution is 8.07. The van der Waals surface area contributed by atoms with Crippen molar-refractivity contribution in [3.05, 3.63) is 131 Å². The van der Waals surface area contributed by atoms with Crippen molar-refractivity contribution in [3.8, 4) is 22.6 Å². The van der Waals surface area contributed by atoms with E-state index in [0.29, 0.717) is 10.5 Å². The first-order chi connectivity index (χ1) is 19.3. The van der Waals surface area contributed by atoms with E-state index in [4.69, 9.17) is 9.47 Å². The minimum Gasteiger partial charge on any atom is -0.492 e. The quantitative estimate of drug-likeness (QED) is 0.180. The summed E-state index contributed by atoms with van der Waals surface area (Å²) in [6, 6.07) is 40.0. The summed E-state index contributed by atoms with van der Waals surface area (Å²) in [5.41, 5.74) is 7.33. The molecule has 0 aromatic heterocycles. The summed E-state index contributed by atoms with van der Waals surface area (Å²) >= 11 is 3.93. The second-order valence-corrected chi connectivity index (χ2v) is 13.3. The molecule has 2 saturated heterocycles. The molecule has 0 spiro atoms. The molecule has 192 valence electrons. The third-order valence-corrected chi connectivity index (χ3v) is 10.1. The molecule has 8 rings (SSSR count). The Balaban J connectivity index is 1.34. The van der Waals surface area contributed by atoms with Crippen molar-refractivity contribution >= 4 is 34.3 Å². The van der Waals surface area contributed by atoms with Crippen LogP contribution in [0.25, 0.3) is 21.9 Å². The normalized spacial score (nSPS) is 22.3. The zero-order valence-electron chi connectivity index (χ0n) is 21.5. The van der Waals surface area contributed by atoms with E-state index in [-0.39, 0.29) is 0 Å². The van der Waals surface area contributed by atoms with Crippen LogP contribution >= 0.6 is 23.5 Å². The van der Waals surface area contributed by atoms with Crippen LogP contribution in [0.15, 0.2) is 109 Å². The zero-order valence-corrected chi connectivity index (χ0v) is 23.1. The first-order valence-corrected chi connectivity index (χ1v) is 15.7. The van der Waals surface area contributed by atoms with Crippen LogP contribution in [0.1, 0.15) is 22.3 Å². The Labute approximate surface area is 237 Å². The van der Waals surface area contributed by atoms with Gasteiger partial charge in [0.15, 0.2) is 0 Å². The van der Waals surface area contributed by atoms with E-state index in [1.54, 1.807) is 0 Å². The van der Waals surface area contributed by atoms with Crippen LogP contribution < -0.4 is 9.47 Å². The lowest BCUT2D eigenvalue weighted by Crippen LogP contribution is -2.29. The largest absolute Gasteiger partial charge is 0.492 e. The standard InChI is InChI=1S/C35H28O2S2/c1-2-6-30-23(5-1)9-18-32-31-7-3-4-8-33(31)35(34(30)32,24-10-14-26(15-11-24)36-19-28-21-38-28)25-12-16-27(17-13-25)37-20-29-22-39-29/h1-18,28-29H,19-22H2. The highest BCUT2D eigenvalue weighted by Gasteiger charge is 2.47. The zero-order chi connectivity index (χ0) is 25.8. The van der Waals surface area contributed by atoms with Crippen molar-refractivity contribution in [2.75, 3.05) is 24.7 Å². The van der Waals surface area contributed by atoms with Crippen molar-refractivity contribution in [3.63, 3.8) is 0 Å². The third-order valence-electron chi connectivity index (χ3n) is 8.18. The lowest BCUT2D eigenvalue weighted by atomic mass is 9.66. The van der Waals surface area contributed by atoms with Gasteiger partial charge in [-0.25, -0.2) is 0 Å². The van der Waals surface area contributed by atoms with Gasteiger partial charge in [0.2, 0.25) is 0 Å². The fourth-order valence-electron chi connectivity index (χ4n) is 6.16. The number of ether oxygens (including phenoxy) is 2. The third kappa shape index (κ3) is 4.04. The summed E-state index contributed by atoms with van der Waals surface area (Å²) in [6.07, 6.45) is 0. The molecule has 0 amide bonds. The monoisotopic (exact) mass is 544 g/mol. The Hall–Kier alpha value is -3.34. The van der Waals surface area contributed by atoms with Crippen LogP contribution in [0, 0.1) is 0 Å². The molecule has 0 N–H and O–H groups in total. The van der Waals surface area contributed by atoms with E-state index < -0.39 is 5.41 Å². The van der Waals surface area contributed by atoms with Crippen molar-refractivity contribution in [2.45, 2.75) is 15.9 Å². The lowest BCUT2D eigenvalue weighted by molar-refractivity contribution is 0.329. The topological polar surface area (TPSA) is 18.5 Å². The molecule has 2 atom stereocenters. The molecule has 0 radical (unpaired) electrons. The Kier molecular flexibility index (Phi) is 5.67. The molecule has 2 fully saturated rings. The predicted molar refractivity (Wildman–Crippen MR) is 165 cm³/mol. The summed E-state index contributed by atoms with van der Waals surface area (Å²) in [6.45, 7) is 1.57. The summed E-state index contributed by atoms with van der Waals surface area (Å²) in [7, 11) is 0. The fraction of sp³-hybridized carbons (Fsp3) is 0.200. The fourth-order valence-corrected chi connectivity index (χ4v) is 6.95. The smallest absolute Gasteiger partial charge is 0.119 e. The molecular weight excluding hydrogens is 517 g/mol. The Morgan fingerprint density at radius 3 is 1.77 bits per heavy atom. The number of fused-ring (bicyclic) bond motifs is 5. The van der Waals surface area contributed by atoms with Crippen molar-refractivity contribution in [1.29, 1.82) is 0 Å². The molecule has 2 aliphatic heterocycles.